The Balaban J connectivity index is 0.678. The third-order valence-electron chi connectivity index (χ3n) is 18.9. The van der Waals surface area contributed by atoms with E-state index in [1.807, 2.05) is 82.6 Å². The number of sulfonamides is 1. The summed E-state index contributed by atoms with van der Waals surface area (Å²) in [6.45, 7) is 5.73. The minimum absolute atomic E-state index is 0.00644. The van der Waals surface area contributed by atoms with Crippen LogP contribution >= 0.6 is 0 Å². The number of aliphatic hydroxyl groups excluding tert-OH is 4. The van der Waals surface area contributed by atoms with E-state index in [1.54, 1.807) is 35.6 Å². The summed E-state index contributed by atoms with van der Waals surface area (Å²) in [5.41, 5.74) is 6.42. The Hall–Kier alpha value is -9.64. The van der Waals surface area contributed by atoms with E-state index in [4.69, 9.17) is 29.9 Å². The minimum atomic E-state index is -4.08. The molecule has 13 rings (SSSR count). The smallest absolute Gasteiger partial charge is 0.319 e. The molecule has 11 N–H and O–H groups in total. The zero-order valence-corrected chi connectivity index (χ0v) is 54.0. The van der Waals surface area contributed by atoms with Gasteiger partial charge in [-0.05, 0) is 72.2 Å². The van der Waals surface area contributed by atoms with Crippen LogP contribution in [0.25, 0.3) is 22.3 Å². The van der Waals surface area contributed by atoms with Gasteiger partial charge in [0.2, 0.25) is 33.7 Å². The van der Waals surface area contributed by atoms with Gasteiger partial charge in [0.25, 0.3) is 0 Å². The van der Waals surface area contributed by atoms with Crippen LogP contribution in [0.4, 0.5) is 34.0 Å². The van der Waals surface area contributed by atoms with Crippen molar-refractivity contribution >= 4 is 79.4 Å². The Bertz CT molecular complexity index is 4230. The van der Waals surface area contributed by atoms with Crippen molar-refractivity contribution in [1.82, 2.24) is 59.7 Å². The molecule has 0 unspecified atom stereocenters. The molecule has 0 spiro atoms. The normalized spacial score (nSPS) is 22.7. The van der Waals surface area contributed by atoms with Crippen LogP contribution in [-0.2, 0) is 19.6 Å². The number of nitrogens with one attached hydrogen (secondary N) is 7. The lowest BCUT2D eigenvalue weighted by Crippen LogP contribution is -2.42. The third kappa shape index (κ3) is 13.9. The molecule has 5 aromatic carbocycles. The molecule has 500 valence electrons. The van der Waals surface area contributed by atoms with Crippen molar-refractivity contribution in [3.8, 4) is 0 Å². The molecule has 10 atom stereocenters. The Morgan fingerprint density at radius 3 is 1.34 bits per heavy atom. The van der Waals surface area contributed by atoms with Gasteiger partial charge in [0.05, 0.1) is 41.7 Å². The minimum Gasteiger partial charge on any atom is -0.388 e. The first-order valence-corrected chi connectivity index (χ1v) is 34.2. The maximum absolute atomic E-state index is 14.1. The predicted molar refractivity (Wildman–Crippen MR) is 363 cm³/mol. The van der Waals surface area contributed by atoms with E-state index < -0.39 is 70.7 Å². The quantitative estimate of drug-likeness (QED) is 0.0375. The van der Waals surface area contributed by atoms with Gasteiger partial charge in [-0.3, -0.25) is 9.59 Å². The van der Waals surface area contributed by atoms with Crippen molar-refractivity contribution in [2.24, 2.45) is 0 Å². The Morgan fingerprint density at radius 2 is 0.927 bits per heavy atom. The van der Waals surface area contributed by atoms with Crippen LogP contribution < -0.4 is 46.4 Å². The summed E-state index contributed by atoms with van der Waals surface area (Å²) in [5.74, 6) is 0.904. The number of urea groups is 1. The molecule has 9 aromatic rings. The molecule has 2 aliphatic heterocycles. The van der Waals surface area contributed by atoms with Crippen LogP contribution in [0.15, 0.2) is 163 Å². The number of nitrogens with zero attached hydrogens (tertiary/aromatic N) is 10. The number of anilines is 5. The van der Waals surface area contributed by atoms with Crippen LogP contribution in [0, 0.1) is 0 Å². The van der Waals surface area contributed by atoms with Gasteiger partial charge in [0.1, 0.15) is 24.4 Å². The van der Waals surface area contributed by atoms with Crippen LogP contribution in [-0.4, -0.2) is 174 Å². The van der Waals surface area contributed by atoms with Crippen LogP contribution in [0.3, 0.4) is 0 Å². The Morgan fingerprint density at radius 1 is 0.521 bits per heavy atom. The Kier molecular flexibility index (Phi) is 19.2. The van der Waals surface area contributed by atoms with E-state index in [2.05, 4.69) is 85.2 Å². The van der Waals surface area contributed by atoms with Crippen molar-refractivity contribution < 1.29 is 43.2 Å². The van der Waals surface area contributed by atoms with E-state index in [-0.39, 0.29) is 66.8 Å². The predicted octanol–water partition coefficient (Wildman–Crippen LogP) is 5.53. The molecule has 4 amide bonds. The second-order valence-electron chi connectivity index (χ2n) is 25.1. The molecule has 4 fully saturated rings. The molecule has 6 heterocycles. The molecule has 96 heavy (non-hydrogen) atoms. The van der Waals surface area contributed by atoms with Crippen LogP contribution in [0.2, 0.25) is 0 Å². The molecule has 2 saturated heterocycles. The number of amides is 4. The summed E-state index contributed by atoms with van der Waals surface area (Å²) in [4.78, 5) is 72.1. The number of fused-ring (bicyclic) bond motifs is 2. The molecule has 2 aliphatic carbocycles. The lowest BCUT2D eigenvalue weighted by Gasteiger charge is -2.22. The molecule has 2 saturated carbocycles. The molecular formula is C69H79N17O9S. The molecule has 0 bridgehead atoms. The summed E-state index contributed by atoms with van der Waals surface area (Å²) < 4.78 is 34.5. The van der Waals surface area contributed by atoms with E-state index in [0.29, 0.717) is 97.1 Å². The molecule has 26 nitrogen and oxygen atoms in total. The van der Waals surface area contributed by atoms with E-state index in [1.165, 1.54) is 24.3 Å². The van der Waals surface area contributed by atoms with Gasteiger partial charge in [-0.15, -0.1) is 0 Å². The second-order valence-corrected chi connectivity index (χ2v) is 26.8. The van der Waals surface area contributed by atoms with Gasteiger partial charge in [-0.2, -0.15) is 19.9 Å². The summed E-state index contributed by atoms with van der Waals surface area (Å²) in [6, 6.07) is 42.3. The number of rotatable bonds is 23. The zero-order chi connectivity index (χ0) is 66.6. The van der Waals surface area contributed by atoms with E-state index in [9.17, 15) is 43.2 Å². The molecule has 4 aliphatic rings. The summed E-state index contributed by atoms with van der Waals surface area (Å²) in [6.07, 6.45) is 0.0551. The standard InChI is InChI=1S/C69H79N17O9S/c1-3-55(87)76-51-33-53(61(91)59(51)89)85-39-72-57-63(70-35-49(41-17-9-5-10-18-41)42-19-11-6-12-20-42)78-67(80-65(57)85)83-31-29-46(37-83)75-69(93)74-45-25-27-48(28-26-45)96(94,95)82-47-30-32-84(38-47)68-79-64(71-36-50(43-21-13-7-14-22-43)44-23-15-8-16-24-44)58-66(81-68)86(40-73-58)54-34-52(60(90)62(54)92)77-56(88)4-2/h5-28,39-40,46-47,49-54,59-62,82,89-92H,3-4,29-38H2,1-2H3,(H,76,87)(H,77,88)(H,70,78,80)(H,71,79,81)(H2,74,75,93)/t46-,47-,51+,52+,53-,54-,59-,60-,61+,62+/m1/s1. The number of imidazole rings is 2. The highest BCUT2D eigenvalue weighted by atomic mass is 32.2. The first kappa shape index (κ1) is 65.0. The summed E-state index contributed by atoms with van der Waals surface area (Å²) >= 11 is 0. The van der Waals surface area contributed by atoms with Gasteiger partial charge in [0.15, 0.2) is 34.0 Å². The Labute approximate surface area is 555 Å². The van der Waals surface area contributed by atoms with Gasteiger partial charge < -0.3 is 71.3 Å². The van der Waals surface area contributed by atoms with E-state index in [0.717, 1.165) is 22.3 Å². The summed E-state index contributed by atoms with van der Waals surface area (Å²) in [7, 11) is -4.08. The number of aliphatic hydroxyl groups is 4. The average Bonchev–Trinajstić information content (AvgIpc) is 1.60. The maximum Gasteiger partial charge on any atom is 0.319 e. The third-order valence-corrected chi connectivity index (χ3v) is 20.5. The molecule has 0 radical (unpaired) electrons. The fourth-order valence-corrected chi connectivity index (χ4v) is 15.0. The van der Waals surface area contributed by atoms with Gasteiger partial charge >= 0.3 is 6.03 Å². The highest BCUT2D eigenvalue weighted by Gasteiger charge is 2.46. The fourth-order valence-electron chi connectivity index (χ4n) is 13.7. The number of benzene rings is 5. The first-order chi connectivity index (χ1) is 46.6. The number of hydrogen-bond acceptors (Lipinski definition) is 19. The van der Waals surface area contributed by atoms with Gasteiger partial charge in [-0.25, -0.2) is 27.9 Å². The molecular weight excluding hydrogens is 1240 g/mol. The number of hydrogen-bond donors (Lipinski definition) is 11. The molecule has 4 aromatic heterocycles. The maximum atomic E-state index is 14.1. The van der Waals surface area contributed by atoms with Gasteiger partial charge in [-0.1, -0.05) is 135 Å². The highest BCUT2D eigenvalue weighted by Crippen LogP contribution is 2.38. The number of carbonyl (C=O) groups is 3. The lowest BCUT2D eigenvalue weighted by molar-refractivity contribution is -0.123. The topological polar surface area (TPSA) is 344 Å². The second kappa shape index (κ2) is 28.4. The highest BCUT2D eigenvalue weighted by molar-refractivity contribution is 7.89. The summed E-state index contributed by atoms with van der Waals surface area (Å²) in [5, 5.41) is 63.8. The number of aromatic nitrogens is 8. The van der Waals surface area contributed by atoms with Crippen molar-refractivity contribution in [3.63, 3.8) is 0 Å². The SMILES string of the molecule is CCC(=O)N[C@H]1C[C@@H](n2cnc3c(NCC(c4ccccc4)c4ccccc4)nc(N4CC[C@@H](NC(=O)Nc5ccc(S(=O)(=O)N[C@@H]6CCN(c7nc(NCC(c8ccccc8)c8ccccc8)c8ncn([C@@H]9C[C@H](NC(=O)CC)[C@@H](O)[C@H]9O)c8n7)C6)cc5)C4)nc32)[C@H](O)[C@@H]1O. The van der Waals surface area contributed by atoms with E-state index >= 15 is 0 Å². The number of carbonyl (C=O) groups excluding carboxylic acids is 3. The lowest BCUT2D eigenvalue weighted by atomic mass is 9.91. The van der Waals surface area contributed by atoms with Crippen LogP contribution in [0.1, 0.15) is 98.5 Å². The monoisotopic (exact) mass is 1320 g/mol. The fraction of sp³-hybridized carbons (Fsp3) is 0.377. The van der Waals surface area contributed by atoms with Crippen molar-refractivity contribution in [1.29, 1.82) is 0 Å². The van der Waals surface area contributed by atoms with Gasteiger partial charge in [0, 0.05) is 81.7 Å². The van der Waals surface area contributed by atoms with Crippen LogP contribution in [0.5, 0.6) is 0 Å². The molecule has 27 heteroatoms. The first-order valence-electron chi connectivity index (χ1n) is 32.8. The zero-order valence-electron chi connectivity index (χ0n) is 53.1. The van der Waals surface area contributed by atoms with Crippen molar-refractivity contribution in [3.05, 3.63) is 181 Å². The largest absolute Gasteiger partial charge is 0.388 e. The average molecular weight is 1320 g/mol. The van der Waals surface area contributed by atoms with Crippen molar-refractivity contribution in [2.45, 2.75) is 130 Å². The van der Waals surface area contributed by atoms with Crippen molar-refractivity contribution in [2.75, 3.05) is 65.0 Å².